The molecule has 0 atom stereocenters. The van der Waals surface area contributed by atoms with E-state index in [1.54, 1.807) is 4.68 Å². The second-order valence-electron chi connectivity index (χ2n) is 4.37. The Morgan fingerprint density at radius 3 is 2.84 bits per heavy atom. The molecule has 0 amide bonds. The van der Waals surface area contributed by atoms with Crippen LogP contribution in [0, 0.1) is 25.2 Å². The van der Waals surface area contributed by atoms with Crippen molar-refractivity contribution in [1.29, 1.82) is 5.26 Å². The molecule has 0 saturated heterocycles. The Morgan fingerprint density at radius 2 is 2.16 bits per heavy atom. The van der Waals surface area contributed by atoms with E-state index in [0.29, 0.717) is 24.5 Å². The number of aromatic nitrogens is 3. The summed E-state index contributed by atoms with van der Waals surface area (Å²) in [6, 6.07) is 8.09. The van der Waals surface area contributed by atoms with Gasteiger partial charge in [0.2, 0.25) is 0 Å². The first kappa shape index (κ1) is 13.1. The molecule has 2 rings (SSSR count). The summed E-state index contributed by atoms with van der Waals surface area (Å²) >= 11 is 0. The van der Waals surface area contributed by atoms with Crippen LogP contribution in [0.3, 0.4) is 0 Å². The van der Waals surface area contributed by atoms with Crippen LogP contribution in [0.25, 0.3) is 0 Å². The SMILES string of the molecule is CCn1nnc(C#N)c1COc1cc(C)ccc1C. The van der Waals surface area contributed by atoms with Gasteiger partial charge in [0.25, 0.3) is 0 Å². The van der Waals surface area contributed by atoms with Gasteiger partial charge in [0, 0.05) is 6.54 Å². The Labute approximate surface area is 112 Å². The third-order valence-corrected chi connectivity index (χ3v) is 2.95. The van der Waals surface area contributed by atoms with Gasteiger partial charge >= 0.3 is 0 Å². The molecule has 0 aliphatic carbocycles. The van der Waals surface area contributed by atoms with E-state index in [-0.39, 0.29) is 0 Å². The fraction of sp³-hybridized carbons (Fsp3) is 0.357. The molecular formula is C14H16N4O. The van der Waals surface area contributed by atoms with E-state index < -0.39 is 0 Å². The van der Waals surface area contributed by atoms with Gasteiger partial charge in [-0.1, -0.05) is 17.3 Å². The highest BCUT2D eigenvalue weighted by Crippen LogP contribution is 2.20. The van der Waals surface area contributed by atoms with Crippen LogP contribution in [-0.4, -0.2) is 15.0 Å². The first-order valence-electron chi connectivity index (χ1n) is 6.18. The number of ether oxygens (including phenoxy) is 1. The molecule has 0 aliphatic heterocycles. The predicted octanol–water partition coefficient (Wildman–Crippen LogP) is 2.37. The highest BCUT2D eigenvalue weighted by atomic mass is 16.5. The van der Waals surface area contributed by atoms with Crippen LogP contribution in [0.4, 0.5) is 0 Å². The van der Waals surface area contributed by atoms with Crippen LogP contribution in [0.5, 0.6) is 5.75 Å². The van der Waals surface area contributed by atoms with Gasteiger partial charge in [-0.3, -0.25) is 0 Å². The molecule has 98 valence electrons. The van der Waals surface area contributed by atoms with Gasteiger partial charge in [-0.15, -0.1) is 5.10 Å². The van der Waals surface area contributed by atoms with E-state index in [4.69, 9.17) is 10.00 Å². The summed E-state index contributed by atoms with van der Waals surface area (Å²) < 4.78 is 7.48. The minimum atomic E-state index is 0.300. The van der Waals surface area contributed by atoms with Crippen molar-refractivity contribution in [3.05, 3.63) is 40.7 Å². The maximum absolute atomic E-state index is 9.00. The lowest BCUT2D eigenvalue weighted by Crippen LogP contribution is -2.08. The third kappa shape index (κ3) is 2.74. The summed E-state index contributed by atoms with van der Waals surface area (Å²) in [7, 11) is 0. The van der Waals surface area contributed by atoms with Crippen LogP contribution in [-0.2, 0) is 13.2 Å². The van der Waals surface area contributed by atoms with E-state index >= 15 is 0 Å². The van der Waals surface area contributed by atoms with Crippen molar-refractivity contribution < 1.29 is 4.74 Å². The average Bonchev–Trinajstić information content (AvgIpc) is 2.81. The molecule has 0 saturated carbocycles. The first-order valence-corrected chi connectivity index (χ1v) is 6.18. The van der Waals surface area contributed by atoms with E-state index in [0.717, 1.165) is 16.9 Å². The summed E-state index contributed by atoms with van der Waals surface area (Å²) in [5.74, 6) is 0.827. The Hall–Kier alpha value is -2.35. The van der Waals surface area contributed by atoms with Gasteiger partial charge in [0.05, 0.1) is 0 Å². The summed E-state index contributed by atoms with van der Waals surface area (Å²) in [6.45, 7) is 6.94. The Bertz CT molecular complexity index is 625. The molecule has 0 aliphatic rings. The topological polar surface area (TPSA) is 63.7 Å². The van der Waals surface area contributed by atoms with E-state index in [1.807, 2.05) is 45.0 Å². The summed E-state index contributed by atoms with van der Waals surface area (Å²) in [6.07, 6.45) is 0. The van der Waals surface area contributed by atoms with Gasteiger partial charge in [-0.25, -0.2) is 4.68 Å². The van der Waals surface area contributed by atoms with Gasteiger partial charge in [-0.05, 0) is 38.0 Å². The zero-order valence-electron chi connectivity index (χ0n) is 11.3. The van der Waals surface area contributed by atoms with Crippen molar-refractivity contribution in [2.75, 3.05) is 0 Å². The predicted molar refractivity (Wildman–Crippen MR) is 70.7 cm³/mol. The Kier molecular flexibility index (Phi) is 3.81. The lowest BCUT2D eigenvalue weighted by Gasteiger charge is -2.10. The van der Waals surface area contributed by atoms with Gasteiger partial charge in [0.15, 0.2) is 5.69 Å². The van der Waals surface area contributed by atoms with Crippen LogP contribution < -0.4 is 4.74 Å². The van der Waals surface area contributed by atoms with Crippen molar-refractivity contribution in [2.24, 2.45) is 0 Å². The standard InChI is InChI=1S/C14H16N4O/c1-4-18-13(12(8-15)16-17-18)9-19-14-7-10(2)5-6-11(14)3/h5-7H,4,9H2,1-3H3. The molecule has 0 N–H and O–H groups in total. The zero-order chi connectivity index (χ0) is 13.8. The molecule has 0 fully saturated rings. The normalized spacial score (nSPS) is 10.2. The van der Waals surface area contributed by atoms with Crippen LogP contribution in [0.15, 0.2) is 18.2 Å². The minimum absolute atomic E-state index is 0.300. The Morgan fingerprint density at radius 1 is 1.37 bits per heavy atom. The second-order valence-corrected chi connectivity index (χ2v) is 4.37. The second kappa shape index (κ2) is 5.53. The molecule has 5 nitrogen and oxygen atoms in total. The molecule has 0 unspecified atom stereocenters. The molecular weight excluding hydrogens is 240 g/mol. The van der Waals surface area contributed by atoms with E-state index in [1.165, 1.54) is 0 Å². The lowest BCUT2D eigenvalue weighted by atomic mass is 10.1. The molecule has 0 bridgehead atoms. The Balaban J connectivity index is 2.21. The van der Waals surface area contributed by atoms with Crippen molar-refractivity contribution in [2.45, 2.75) is 33.9 Å². The molecule has 1 aromatic heterocycles. The number of benzene rings is 1. The van der Waals surface area contributed by atoms with Crippen molar-refractivity contribution in [3.8, 4) is 11.8 Å². The minimum Gasteiger partial charge on any atom is -0.487 e. The molecule has 0 spiro atoms. The van der Waals surface area contributed by atoms with Gasteiger partial charge < -0.3 is 4.74 Å². The monoisotopic (exact) mass is 256 g/mol. The fourth-order valence-electron chi connectivity index (χ4n) is 1.83. The summed E-state index contributed by atoms with van der Waals surface area (Å²) in [4.78, 5) is 0. The molecule has 2 aromatic rings. The molecule has 1 aromatic carbocycles. The van der Waals surface area contributed by atoms with Gasteiger partial charge in [-0.2, -0.15) is 5.26 Å². The van der Waals surface area contributed by atoms with Crippen molar-refractivity contribution in [1.82, 2.24) is 15.0 Å². The highest BCUT2D eigenvalue weighted by Gasteiger charge is 2.12. The summed E-state index contributed by atoms with van der Waals surface area (Å²) in [5, 5.41) is 16.8. The van der Waals surface area contributed by atoms with Crippen LogP contribution in [0.1, 0.15) is 29.4 Å². The first-order chi connectivity index (χ1) is 9.15. The number of nitriles is 1. The smallest absolute Gasteiger partial charge is 0.189 e. The van der Waals surface area contributed by atoms with E-state index in [9.17, 15) is 0 Å². The van der Waals surface area contributed by atoms with E-state index in [2.05, 4.69) is 10.3 Å². The zero-order valence-corrected chi connectivity index (χ0v) is 11.3. The number of hydrogen-bond donors (Lipinski definition) is 0. The van der Waals surface area contributed by atoms with Crippen molar-refractivity contribution in [3.63, 3.8) is 0 Å². The van der Waals surface area contributed by atoms with Crippen molar-refractivity contribution >= 4 is 0 Å². The quantitative estimate of drug-likeness (QED) is 0.842. The molecule has 19 heavy (non-hydrogen) atoms. The highest BCUT2D eigenvalue weighted by molar-refractivity contribution is 5.36. The van der Waals surface area contributed by atoms with Crippen LogP contribution in [0.2, 0.25) is 0 Å². The molecule has 1 heterocycles. The number of rotatable bonds is 4. The number of nitrogens with zero attached hydrogens (tertiary/aromatic N) is 4. The molecule has 5 heteroatoms. The maximum Gasteiger partial charge on any atom is 0.189 e. The average molecular weight is 256 g/mol. The fourth-order valence-corrected chi connectivity index (χ4v) is 1.83. The van der Waals surface area contributed by atoms with Gasteiger partial charge in [0.1, 0.15) is 24.1 Å². The number of hydrogen-bond acceptors (Lipinski definition) is 4. The lowest BCUT2D eigenvalue weighted by molar-refractivity contribution is 0.290. The molecule has 0 radical (unpaired) electrons. The third-order valence-electron chi connectivity index (χ3n) is 2.95. The maximum atomic E-state index is 9.00. The number of aryl methyl sites for hydroxylation is 3. The van der Waals surface area contributed by atoms with Crippen LogP contribution >= 0.6 is 0 Å². The summed E-state index contributed by atoms with van der Waals surface area (Å²) in [5.41, 5.74) is 3.25. The largest absolute Gasteiger partial charge is 0.487 e.